The van der Waals surface area contributed by atoms with Crippen molar-refractivity contribution in [3.63, 3.8) is 0 Å². The lowest BCUT2D eigenvalue weighted by Gasteiger charge is -2.33. The van der Waals surface area contributed by atoms with E-state index in [0.29, 0.717) is 0 Å². The van der Waals surface area contributed by atoms with Crippen molar-refractivity contribution in [2.24, 2.45) is 5.92 Å². The molecule has 1 fully saturated rings. The zero-order chi connectivity index (χ0) is 14.5. The van der Waals surface area contributed by atoms with E-state index in [-0.39, 0.29) is 0 Å². The lowest BCUT2D eigenvalue weighted by atomic mass is 9.96. The zero-order valence-electron chi connectivity index (χ0n) is 13.2. The minimum Gasteiger partial charge on any atom is -0.316 e. The third kappa shape index (κ3) is 4.24. The van der Waals surface area contributed by atoms with E-state index >= 15 is 0 Å². The Kier molecular flexibility index (Phi) is 5.61. The van der Waals surface area contributed by atoms with Gasteiger partial charge >= 0.3 is 0 Å². The predicted octanol–water partition coefficient (Wildman–Crippen LogP) is 3.42. The van der Waals surface area contributed by atoms with Crippen molar-refractivity contribution in [3.05, 3.63) is 29.8 Å². The van der Waals surface area contributed by atoms with Crippen LogP contribution < -0.4 is 5.32 Å². The van der Waals surface area contributed by atoms with Crippen molar-refractivity contribution in [2.75, 3.05) is 32.7 Å². The summed E-state index contributed by atoms with van der Waals surface area (Å²) in [5.74, 6) is 0.904. The number of hydrogen-bond donors (Lipinski definition) is 1. The van der Waals surface area contributed by atoms with Gasteiger partial charge in [-0.15, -0.1) is 11.8 Å². The summed E-state index contributed by atoms with van der Waals surface area (Å²) >= 11 is 2.09. The second kappa shape index (κ2) is 7.66. The zero-order valence-corrected chi connectivity index (χ0v) is 14.0. The number of likely N-dealkylation sites (tertiary alicyclic amines) is 1. The van der Waals surface area contributed by atoms with Crippen molar-refractivity contribution in [1.29, 1.82) is 0 Å². The Balaban J connectivity index is 1.39. The van der Waals surface area contributed by atoms with E-state index in [1.807, 2.05) is 0 Å². The molecule has 0 spiro atoms. The van der Waals surface area contributed by atoms with Gasteiger partial charge in [0, 0.05) is 16.7 Å². The van der Waals surface area contributed by atoms with Gasteiger partial charge in [-0.25, -0.2) is 0 Å². The molecule has 116 valence electrons. The summed E-state index contributed by atoms with van der Waals surface area (Å²) in [6.07, 6.45) is 5.26. The largest absolute Gasteiger partial charge is 0.316 e. The highest BCUT2D eigenvalue weighted by molar-refractivity contribution is 8.00. The molecule has 0 saturated carbocycles. The van der Waals surface area contributed by atoms with Crippen molar-refractivity contribution < 1.29 is 0 Å². The molecule has 1 aromatic carbocycles. The molecule has 2 aliphatic rings. The average Bonchev–Trinajstić information content (AvgIpc) is 2.91. The summed E-state index contributed by atoms with van der Waals surface area (Å²) in [5.41, 5.74) is 1.56. The highest BCUT2D eigenvalue weighted by Gasteiger charge is 2.26. The maximum Gasteiger partial charge on any atom is 0.0263 e. The van der Waals surface area contributed by atoms with Gasteiger partial charge in [0.05, 0.1) is 0 Å². The third-order valence-corrected chi connectivity index (χ3v) is 6.04. The van der Waals surface area contributed by atoms with E-state index in [9.17, 15) is 0 Å². The fourth-order valence-corrected chi connectivity index (χ4v) is 4.87. The number of rotatable bonds is 6. The van der Waals surface area contributed by atoms with Crippen molar-refractivity contribution in [1.82, 2.24) is 10.2 Å². The van der Waals surface area contributed by atoms with Gasteiger partial charge in [-0.05, 0) is 69.4 Å². The van der Waals surface area contributed by atoms with Crippen LogP contribution in [0.5, 0.6) is 0 Å². The minimum absolute atomic E-state index is 0.775. The van der Waals surface area contributed by atoms with Crippen LogP contribution >= 0.6 is 11.8 Å². The fourth-order valence-electron chi connectivity index (χ4n) is 3.50. The molecule has 0 aromatic heterocycles. The van der Waals surface area contributed by atoms with Crippen LogP contribution in [-0.2, 0) is 6.42 Å². The molecular formula is C18H28N2S. The van der Waals surface area contributed by atoms with Crippen LogP contribution in [0.15, 0.2) is 29.2 Å². The normalized spacial score (nSPS) is 23.4. The maximum absolute atomic E-state index is 3.58. The Hall–Kier alpha value is -0.510. The van der Waals surface area contributed by atoms with Crippen molar-refractivity contribution in [3.8, 4) is 0 Å². The third-order valence-electron chi connectivity index (χ3n) is 4.74. The second-order valence-electron chi connectivity index (χ2n) is 6.50. The maximum atomic E-state index is 3.58. The number of nitrogens with zero attached hydrogens (tertiary/aromatic N) is 1. The lowest BCUT2D eigenvalue weighted by molar-refractivity contribution is 0.183. The van der Waals surface area contributed by atoms with Gasteiger partial charge < -0.3 is 10.2 Å². The molecule has 0 aliphatic carbocycles. The van der Waals surface area contributed by atoms with Crippen molar-refractivity contribution in [2.45, 2.75) is 42.8 Å². The number of piperidine rings is 1. The van der Waals surface area contributed by atoms with Gasteiger partial charge in [0.25, 0.3) is 0 Å². The summed E-state index contributed by atoms with van der Waals surface area (Å²) in [5, 5.41) is 4.36. The van der Waals surface area contributed by atoms with Crippen LogP contribution in [0.25, 0.3) is 0 Å². The molecule has 1 atom stereocenters. The topological polar surface area (TPSA) is 15.3 Å². The SMILES string of the molecule is CCCNCC1CCN(CC2Cc3ccccc3S2)CC1. The monoisotopic (exact) mass is 304 g/mol. The Bertz CT molecular complexity index is 416. The van der Waals surface area contributed by atoms with Gasteiger partial charge in [0.2, 0.25) is 0 Å². The highest BCUT2D eigenvalue weighted by Crippen LogP contribution is 2.37. The van der Waals surface area contributed by atoms with Gasteiger partial charge in [-0.3, -0.25) is 0 Å². The first-order valence-electron chi connectivity index (χ1n) is 8.52. The van der Waals surface area contributed by atoms with Gasteiger partial charge in [-0.1, -0.05) is 25.1 Å². The fraction of sp³-hybridized carbons (Fsp3) is 0.667. The molecule has 21 heavy (non-hydrogen) atoms. The average molecular weight is 305 g/mol. The van der Waals surface area contributed by atoms with Crippen LogP contribution in [-0.4, -0.2) is 42.9 Å². The van der Waals surface area contributed by atoms with Crippen molar-refractivity contribution >= 4 is 11.8 Å². The first kappa shape index (κ1) is 15.4. The van der Waals surface area contributed by atoms with E-state index < -0.39 is 0 Å². The molecular weight excluding hydrogens is 276 g/mol. The van der Waals surface area contributed by atoms with Crippen LogP contribution in [0.2, 0.25) is 0 Å². The lowest BCUT2D eigenvalue weighted by Crippen LogP contribution is -2.40. The van der Waals surface area contributed by atoms with E-state index in [0.717, 1.165) is 11.2 Å². The number of hydrogen-bond acceptors (Lipinski definition) is 3. The number of thioether (sulfide) groups is 1. The van der Waals surface area contributed by atoms with Crippen LogP contribution in [0.3, 0.4) is 0 Å². The number of nitrogens with one attached hydrogen (secondary N) is 1. The van der Waals surface area contributed by atoms with Gasteiger partial charge in [-0.2, -0.15) is 0 Å². The Morgan fingerprint density at radius 3 is 2.81 bits per heavy atom. The summed E-state index contributed by atoms with van der Waals surface area (Å²) < 4.78 is 0. The quantitative estimate of drug-likeness (QED) is 0.811. The molecule has 0 radical (unpaired) electrons. The Labute approximate surface area is 133 Å². The molecule has 1 saturated heterocycles. The van der Waals surface area contributed by atoms with Crippen LogP contribution in [0.4, 0.5) is 0 Å². The first-order chi connectivity index (χ1) is 10.3. The molecule has 0 amide bonds. The van der Waals surface area contributed by atoms with E-state index in [1.165, 1.54) is 63.3 Å². The van der Waals surface area contributed by atoms with Crippen LogP contribution in [0, 0.1) is 5.92 Å². The molecule has 0 bridgehead atoms. The summed E-state index contributed by atoms with van der Waals surface area (Å²) in [6, 6.07) is 8.93. The second-order valence-corrected chi connectivity index (χ2v) is 7.84. The summed E-state index contributed by atoms with van der Waals surface area (Å²) in [6.45, 7) is 8.52. The van der Waals surface area contributed by atoms with Gasteiger partial charge in [0.15, 0.2) is 0 Å². The highest BCUT2D eigenvalue weighted by atomic mass is 32.2. The number of fused-ring (bicyclic) bond motifs is 1. The summed E-state index contributed by atoms with van der Waals surface area (Å²) in [4.78, 5) is 4.21. The molecule has 2 nitrogen and oxygen atoms in total. The number of benzene rings is 1. The minimum atomic E-state index is 0.775. The molecule has 1 N–H and O–H groups in total. The standard InChI is InChI=1S/C18H28N2S/c1-2-9-19-13-15-7-10-20(11-8-15)14-17-12-16-5-3-4-6-18(16)21-17/h3-6,15,17,19H,2,7-14H2,1H3. The van der Waals surface area contributed by atoms with E-state index in [2.05, 4.69) is 53.2 Å². The van der Waals surface area contributed by atoms with E-state index in [1.54, 1.807) is 5.56 Å². The van der Waals surface area contributed by atoms with Crippen LogP contribution in [0.1, 0.15) is 31.7 Å². The Morgan fingerprint density at radius 2 is 2.05 bits per heavy atom. The smallest absolute Gasteiger partial charge is 0.0263 e. The molecule has 2 aliphatic heterocycles. The Morgan fingerprint density at radius 1 is 1.24 bits per heavy atom. The van der Waals surface area contributed by atoms with Gasteiger partial charge in [0.1, 0.15) is 0 Å². The molecule has 3 rings (SSSR count). The molecule has 2 heterocycles. The molecule has 1 aromatic rings. The molecule has 3 heteroatoms. The van der Waals surface area contributed by atoms with E-state index in [4.69, 9.17) is 0 Å². The summed E-state index contributed by atoms with van der Waals surface area (Å²) in [7, 11) is 0. The predicted molar refractivity (Wildman–Crippen MR) is 92.1 cm³/mol. The first-order valence-corrected chi connectivity index (χ1v) is 9.40. The molecule has 1 unspecified atom stereocenters.